The number of aryl methyl sites for hydroxylation is 1. The zero-order valence-corrected chi connectivity index (χ0v) is 18.6. The second-order valence-corrected chi connectivity index (χ2v) is 9.43. The van der Waals surface area contributed by atoms with Crippen LogP contribution in [0, 0.1) is 6.92 Å². The molecule has 10 heteroatoms. The minimum Gasteiger partial charge on any atom is -0.333 e. The lowest BCUT2D eigenvalue weighted by molar-refractivity contribution is -0.142. The van der Waals surface area contributed by atoms with Gasteiger partial charge in [0.15, 0.2) is 0 Å². The van der Waals surface area contributed by atoms with E-state index in [9.17, 15) is 19.2 Å². The number of thiophene rings is 1. The number of nitrogens with one attached hydrogen (secondary N) is 3. The van der Waals surface area contributed by atoms with Crippen molar-refractivity contribution in [1.82, 2.24) is 15.5 Å². The molecule has 0 spiro atoms. The number of amides is 5. The molecule has 2 aromatic rings. The van der Waals surface area contributed by atoms with Gasteiger partial charge in [-0.15, -0.1) is 11.3 Å². The highest BCUT2D eigenvalue weighted by atomic mass is 35.5. The van der Waals surface area contributed by atoms with Gasteiger partial charge in [-0.2, -0.15) is 0 Å². The molecule has 1 saturated heterocycles. The molecule has 0 aliphatic carbocycles. The predicted octanol–water partition coefficient (Wildman–Crippen LogP) is 3.18. The Labute approximate surface area is 187 Å². The summed E-state index contributed by atoms with van der Waals surface area (Å²) in [6, 6.07) is 6.76. The molecular weight excluding hydrogens is 440 g/mol. The first kappa shape index (κ1) is 21.3. The minimum atomic E-state index is -1.04. The molecule has 3 heterocycles. The van der Waals surface area contributed by atoms with E-state index >= 15 is 0 Å². The Bertz CT molecular complexity index is 1110. The summed E-state index contributed by atoms with van der Waals surface area (Å²) in [7, 11) is 0. The van der Waals surface area contributed by atoms with Gasteiger partial charge in [0.1, 0.15) is 5.54 Å². The number of piperidine rings is 1. The van der Waals surface area contributed by atoms with Crippen molar-refractivity contribution in [2.24, 2.45) is 0 Å². The SMILES string of the molecule is Cc1ccc(NC(=O)NCc2cc3c(s2)C(=O)N(C2(C)CCC(=O)NC2=O)C3)cc1Cl. The van der Waals surface area contributed by atoms with Gasteiger partial charge in [0.2, 0.25) is 5.91 Å². The van der Waals surface area contributed by atoms with E-state index in [-0.39, 0.29) is 30.8 Å². The number of nitrogens with zero attached hydrogens (tertiary/aromatic N) is 1. The highest BCUT2D eigenvalue weighted by Gasteiger charge is 2.49. The molecule has 2 aliphatic heterocycles. The van der Waals surface area contributed by atoms with Crippen molar-refractivity contribution >= 4 is 52.4 Å². The number of carbonyl (C=O) groups is 4. The molecule has 2 aliphatic rings. The monoisotopic (exact) mass is 460 g/mol. The molecule has 1 aromatic heterocycles. The summed E-state index contributed by atoms with van der Waals surface area (Å²) in [6.07, 6.45) is 0.506. The standard InChI is InChI=1S/C21H21ClN4O4S/c1-11-3-4-13(8-15(11)22)24-20(30)23-9-14-7-12-10-26(18(28)17(12)31-14)21(2)6-5-16(27)25-19(21)29/h3-4,7-8H,5-6,9-10H2,1-2H3,(H2,23,24,30)(H,25,27,29). The minimum absolute atomic E-state index is 0.205. The first-order valence-electron chi connectivity index (χ1n) is 9.76. The van der Waals surface area contributed by atoms with E-state index < -0.39 is 11.4 Å². The van der Waals surface area contributed by atoms with Gasteiger partial charge >= 0.3 is 6.03 Å². The smallest absolute Gasteiger partial charge is 0.319 e. The fourth-order valence-electron chi connectivity index (χ4n) is 3.70. The molecule has 8 nitrogen and oxygen atoms in total. The van der Waals surface area contributed by atoms with Gasteiger partial charge in [-0.1, -0.05) is 17.7 Å². The Balaban J connectivity index is 1.38. The Hall–Kier alpha value is -2.91. The van der Waals surface area contributed by atoms with Crippen LogP contribution < -0.4 is 16.0 Å². The highest BCUT2D eigenvalue weighted by Crippen LogP contribution is 2.37. The topological polar surface area (TPSA) is 108 Å². The molecular formula is C21H21ClN4O4S. The molecule has 1 unspecified atom stereocenters. The van der Waals surface area contributed by atoms with Crippen molar-refractivity contribution in [2.75, 3.05) is 5.32 Å². The zero-order chi connectivity index (χ0) is 22.3. The first-order chi connectivity index (χ1) is 14.7. The molecule has 1 aromatic carbocycles. The molecule has 1 atom stereocenters. The van der Waals surface area contributed by atoms with Gasteiger partial charge in [0.25, 0.3) is 11.8 Å². The fourth-order valence-corrected chi connectivity index (χ4v) is 4.94. The number of fused-ring (bicyclic) bond motifs is 1. The summed E-state index contributed by atoms with van der Waals surface area (Å²) in [6.45, 7) is 4.14. The second kappa shape index (κ2) is 7.97. The van der Waals surface area contributed by atoms with Crippen molar-refractivity contribution in [3.8, 4) is 0 Å². The van der Waals surface area contributed by atoms with Crippen molar-refractivity contribution in [1.29, 1.82) is 0 Å². The first-order valence-corrected chi connectivity index (χ1v) is 11.0. The number of carbonyl (C=O) groups excluding carboxylic acids is 4. The molecule has 4 rings (SSSR count). The maximum absolute atomic E-state index is 12.9. The summed E-state index contributed by atoms with van der Waals surface area (Å²) in [5.41, 5.74) is 1.29. The van der Waals surface area contributed by atoms with E-state index in [1.54, 1.807) is 19.1 Å². The number of halogens is 1. The van der Waals surface area contributed by atoms with Crippen LogP contribution in [-0.2, 0) is 22.7 Å². The molecule has 31 heavy (non-hydrogen) atoms. The Kier molecular flexibility index (Phi) is 5.49. The number of benzene rings is 1. The third-order valence-corrected chi connectivity index (χ3v) is 7.23. The van der Waals surface area contributed by atoms with Gasteiger partial charge in [0, 0.05) is 28.6 Å². The summed E-state index contributed by atoms with van der Waals surface area (Å²) < 4.78 is 0. The lowest BCUT2D eigenvalue weighted by Crippen LogP contribution is -2.61. The van der Waals surface area contributed by atoms with Crippen LogP contribution in [0.3, 0.4) is 0 Å². The van der Waals surface area contributed by atoms with Crippen LogP contribution >= 0.6 is 22.9 Å². The Morgan fingerprint density at radius 1 is 1.29 bits per heavy atom. The number of urea groups is 1. The lowest BCUT2D eigenvalue weighted by atomic mass is 9.89. The maximum Gasteiger partial charge on any atom is 0.319 e. The van der Waals surface area contributed by atoms with Crippen LogP contribution in [0.1, 0.15) is 45.4 Å². The average molecular weight is 461 g/mol. The number of hydrogen-bond acceptors (Lipinski definition) is 5. The molecule has 1 fully saturated rings. The van der Waals surface area contributed by atoms with Crippen molar-refractivity contribution in [3.63, 3.8) is 0 Å². The number of hydrogen-bond donors (Lipinski definition) is 3. The normalized spacial score (nSPS) is 20.5. The number of imide groups is 1. The summed E-state index contributed by atoms with van der Waals surface area (Å²) >= 11 is 7.37. The Morgan fingerprint density at radius 3 is 2.74 bits per heavy atom. The molecule has 162 valence electrons. The van der Waals surface area contributed by atoms with Crippen LogP contribution in [-0.4, -0.2) is 34.2 Å². The highest BCUT2D eigenvalue weighted by molar-refractivity contribution is 7.14. The van der Waals surface area contributed by atoms with Gasteiger partial charge < -0.3 is 15.5 Å². The lowest BCUT2D eigenvalue weighted by Gasteiger charge is -2.39. The van der Waals surface area contributed by atoms with Crippen LogP contribution in [0.5, 0.6) is 0 Å². The molecule has 5 amide bonds. The van der Waals surface area contributed by atoms with E-state index in [0.29, 0.717) is 28.6 Å². The van der Waals surface area contributed by atoms with Gasteiger partial charge in [-0.25, -0.2) is 4.79 Å². The quantitative estimate of drug-likeness (QED) is 0.609. The molecule has 0 radical (unpaired) electrons. The van der Waals surface area contributed by atoms with Crippen LogP contribution in [0.15, 0.2) is 24.3 Å². The van der Waals surface area contributed by atoms with Gasteiger partial charge in [-0.05, 0) is 49.6 Å². The summed E-state index contributed by atoms with van der Waals surface area (Å²) in [4.78, 5) is 51.9. The van der Waals surface area contributed by atoms with Crippen molar-refractivity contribution < 1.29 is 19.2 Å². The van der Waals surface area contributed by atoms with E-state index in [4.69, 9.17) is 11.6 Å². The van der Waals surface area contributed by atoms with Crippen LogP contribution in [0.25, 0.3) is 0 Å². The van der Waals surface area contributed by atoms with Gasteiger partial charge in [-0.3, -0.25) is 19.7 Å². The number of rotatable bonds is 4. The van der Waals surface area contributed by atoms with Crippen LogP contribution in [0.2, 0.25) is 5.02 Å². The van der Waals surface area contributed by atoms with Crippen molar-refractivity contribution in [2.45, 2.75) is 45.3 Å². The largest absolute Gasteiger partial charge is 0.333 e. The predicted molar refractivity (Wildman–Crippen MR) is 117 cm³/mol. The fraction of sp³-hybridized carbons (Fsp3) is 0.333. The van der Waals surface area contributed by atoms with Crippen LogP contribution in [0.4, 0.5) is 10.5 Å². The van der Waals surface area contributed by atoms with E-state index in [2.05, 4.69) is 16.0 Å². The molecule has 0 saturated carbocycles. The Morgan fingerprint density at radius 2 is 2.06 bits per heavy atom. The maximum atomic E-state index is 12.9. The van der Waals surface area contributed by atoms with Crippen molar-refractivity contribution in [3.05, 3.63) is 50.2 Å². The number of anilines is 1. The average Bonchev–Trinajstić information content (AvgIpc) is 3.26. The third kappa shape index (κ3) is 4.03. The molecule has 3 N–H and O–H groups in total. The van der Waals surface area contributed by atoms with E-state index in [1.807, 2.05) is 19.1 Å². The zero-order valence-electron chi connectivity index (χ0n) is 17.0. The summed E-state index contributed by atoms with van der Waals surface area (Å²) in [5, 5.41) is 8.39. The third-order valence-electron chi connectivity index (χ3n) is 5.66. The van der Waals surface area contributed by atoms with E-state index in [1.165, 1.54) is 16.2 Å². The van der Waals surface area contributed by atoms with E-state index in [0.717, 1.165) is 16.0 Å². The summed E-state index contributed by atoms with van der Waals surface area (Å²) in [5.74, 6) is -0.984. The molecule has 0 bridgehead atoms. The van der Waals surface area contributed by atoms with Gasteiger partial charge in [0.05, 0.1) is 11.4 Å². The second-order valence-electron chi connectivity index (χ2n) is 7.88.